The highest BCUT2D eigenvalue weighted by Crippen LogP contribution is 2.52. The lowest BCUT2D eigenvalue weighted by molar-refractivity contribution is -0.197. The lowest BCUT2D eigenvalue weighted by Gasteiger charge is -2.44. The molecule has 0 saturated carbocycles. The second-order valence-corrected chi connectivity index (χ2v) is 23.6. The smallest absolute Gasteiger partial charge is 0.333 e. The zero-order valence-electron chi connectivity index (χ0n) is 46.7. The van der Waals surface area contributed by atoms with E-state index in [1.807, 2.05) is 66.5 Å². The van der Waals surface area contributed by atoms with Gasteiger partial charge >= 0.3 is 5.97 Å². The third-order valence-electron chi connectivity index (χ3n) is 14.3. The van der Waals surface area contributed by atoms with Crippen LogP contribution in [0.1, 0.15) is 94.6 Å². The highest BCUT2D eigenvalue weighted by atomic mass is 32.2. The Bertz CT molecular complexity index is 3070. The van der Waals surface area contributed by atoms with Crippen molar-refractivity contribution in [2.45, 2.75) is 88.2 Å². The van der Waals surface area contributed by atoms with Crippen LogP contribution in [-0.4, -0.2) is 153 Å². The summed E-state index contributed by atoms with van der Waals surface area (Å²) in [6.07, 6.45) is 13.3. The summed E-state index contributed by atoms with van der Waals surface area (Å²) in [5.41, 5.74) is 6.16. The standard InChI is InChI=1S/C59H75N3O17S2/c1-43-42-58(2,3)61(25-26-73-29-30-75-33-34-77-36-35-76-32-31-74-28-27-72-5)51-41-53-48(40-47(43)51)45(38-52(78-53)44-14-8-6-9-15-44)16-10-7-11-17-54-59(4,23-12-18-57(65)79-62-55(63)21-22-56(62)64)49-39-46(81(69,70)71)19-20-50(49)60(54)24-13-37-80(66,67)68/h6-11,14-17,19-20,38-42,52H,12-13,18,21-37H2,1-5H3,(H,66,67,68)(H,69,70,71)/b11-7+,16-10+,54-17+. The number of methoxy groups -OCH3 is 1. The van der Waals surface area contributed by atoms with Gasteiger partial charge in [-0.05, 0) is 106 Å². The zero-order chi connectivity index (χ0) is 58.2. The molecule has 0 aliphatic carbocycles. The van der Waals surface area contributed by atoms with E-state index in [1.54, 1.807) is 13.2 Å². The van der Waals surface area contributed by atoms with Crippen molar-refractivity contribution in [3.63, 3.8) is 0 Å². The molecule has 0 aromatic heterocycles. The number of imide groups is 1. The van der Waals surface area contributed by atoms with Gasteiger partial charge in [-0.25, -0.2) is 4.79 Å². The number of amides is 2. The molecule has 3 aromatic carbocycles. The molecule has 22 heteroatoms. The summed E-state index contributed by atoms with van der Waals surface area (Å²) in [6, 6.07) is 18.3. The predicted octanol–water partition coefficient (Wildman–Crippen LogP) is 8.01. The van der Waals surface area contributed by atoms with Gasteiger partial charge in [0.05, 0.1) is 88.9 Å². The maximum atomic E-state index is 13.0. The Kier molecular flexibility index (Phi) is 22.2. The number of hydrogen-bond donors (Lipinski definition) is 2. The normalized spacial score (nSPS) is 19.3. The fraction of sp³-hybridized carbons (Fsp3) is 0.475. The molecule has 4 aliphatic heterocycles. The molecule has 2 amide bonds. The van der Waals surface area contributed by atoms with E-state index in [-0.39, 0.29) is 55.5 Å². The number of carbonyl (C=O) groups is 3. The van der Waals surface area contributed by atoms with Crippen LogP contribution in [0.2, 0.25) is 0 Å². The van der Waals surface area contributed by atoms with Crippen molar-refractivity contribution in [3.8, 4) is 5.75 Å². The Balaban J connectivity index is 1.08. The van der Waals surface area contributed by atoms with E-state index in [2.05, 4.69) is 50.0 Å². The summed E-state index contributed by atoms with van der Waals surface area (Å²) in [5, 5.41) is 0.479. The van der Waals surface area contributed by atoms with E-state index in [9.17, 15) is 40.3 Å². The number of ether oxygens (including phenoxy) is 7. The van der Waals surface area contributed by atoms with Gasteiger partial charge in [-0.2, -0.15) is 16.8 Å². The molecule has 2 atom stereocenters. The van der Waals surface area contributed by atoms with Crippen molar-refractivity contribution in [2.24, 2.45) is 0 Å². The maximum Gasteiger partial charge on any atom is 0.333 e. The number of benzene rings is 3. The molecule has 0 radical (unpaired) electrons. The molecule has 81 heavy (non-hydrogen) atoms. The summed E-state index contributed by atoms with van der Waals surface area (Å²) < 4.78 is 109. The van der Waals surface area contributed by atoms with E-state index >= 15 is 0 Å². The molecule has 1 saturated heterocycles. The Morgan fingerprint density at radius 2 is 1.37 bits per heavy atom. The highest BCUT2D eigenvalue weighted by Gasteiger charge is 2.44. The monoisotopic (exact) mass is 1160 g/mol. The van der Waals surface area contributed by atoms with Crippen molar-refractivity contribution >= 4 is 60.5 Å². The van der Waals surface area contributed by atoms with E-state index in [0.29, 0.717) is 107 Å². The summed E-state index contributed by atoms with van der Waals surface area (Å²) >= 11 is 0. The lowest BCUT2D eigenvalue weighted by atomic mass is 9.77. The fourth-order valence-corrected chi connectivity index (χ4v) is 11.4. The molecular weight excluding hydrogens is 1090 g/mol. The lowest BCUT2D eigenvalue weighted by Crippen LogP contribution is -2.47. The number of allylic oxidation sites excluding steroid dienone is 8. The van der Waals surface area contributed by atoms with Crippen LogP contribution in [-0.2, 0) is 73.3 Å². The molecule has 4 heterocycles. The van der Waals surface area contributed by atoms with E-state index in [4.69, 9.17) is 38.0 Å². The van der Waals surface area contributed by atoms with E-state index in [1.165, 1.54) is 18.2 Å². The van der Waals surface area contributed by atoms with Crippen molar-refractivity contribution in [1.82, 2.24) is 5.06 Å². The molecule has 3 aromatic rings. The van der Waals surface area contributed by atoms with Gasteiger partial charge in [0.2, 0.25) is 0 Å². The van der Waals surface area contributed by atoms with Crippen molar-refractivity contribution in [2.75, 3.05) is 108 Å². The highest BCUT2D eigenvalue weighted by molar-refractivity contribution is 7.86. The van der Waals surface area contributed by atoms with Crippen LogP contribution in [0.5, 0.6) is 5.75 Å². The number of nitrogens with zero attached hydrogens (tertiary/aromatic N) is 3. The van der Waals surface area contributed by atoms with E-state index in [0.717, 1.165) is 33.5 Å². The average Bonchev–Trinajstić information content (AvgIpc) is 4.06. The molecule has 20 nitrogen and oxygen atoms in total. The number of fused-ring (bicyclic) bond motifs is 3. The van der Waals surface area contributed by atoms with Crippen LogP contribution in [0.25, 0.3) is 11.1 Å². The van der Waals surface area contributed by atoms with Crippen molar-refractivity contribution in [3.05, 3.63) is 131 Å². The molecule has 0 bridgehead atoms. The van der Waals surface area contributed by atoms with Crippen LogP contribution >= 0.6 is 0 Å². The topological polar surface area (TPSA) is 244 Å². The van der Waals surface area contributed by atoms with Crippen LogP contribution in [0, 0.1) is 0 Å². The summed E-state index contributed by atoms with van der Waals surface area (Å²) in [7, 11) is -7.37. The Labute approximate surface area is 475 Å². The largest absolute Gasteiger partial charge is 0.481 e. The number of hydrogen-bond acceptors (Lipinski definition) is 17. The number of anilines is 2. The molecular formula is C59H75N3O17S2. The third kappa shape index (κ3) is 17.0. The number of carbonyl (C=O) groups excluding carboxylic acids is 3. The first-order chi connectivity index (χ1) is 38.7. The molecule has 1 fully saturated rings. The van der Waals surface area contributed by atoms with Crippen molar-refractivity contribution in [1.29, 1.82) is 0 Å². The van der Waals surface area contributed by atoms with Gasteiger partial charge in [0, 0.05) is 79.1 Å². The first-order valence-corrected chi connectivity index (χ1v) is 30.2. The van der Waals surface area contributed by atoms with Gasteiger partial charge < -0.3 is 47.8 Å². The summed E-state index contributed by atoms with van der Waals surface area (Å²) in [6.45, 7) is 14.2. The van der Waals surface area contributed by atoms with Gasteiger partial charge in [-0.1, -0.05) is 60.7 Å². The minimum Gasteiger partial charge on any atom is -0.481 e. The van der Waals surface area contributed by atoms with Gasteiger partial charge in [0.25, 0.3) is 32.1 Å². The van der Waals surface area contributed by atoms with Gasteiger partial charge in [0.1, 0.15) is 11.9 Å². The first kappa shape index (κ1) is 62.5. The number of rotatable bonds is 32. The van der Waals surface area contributed by atoms with Crippen LogP contribution in [0.15, 0.2) is 114 Å². The molecule has 4 aliphatic rings. The molecule has 7 rings (SSSR count). The Morgan fingerprint density at radius 1 is 0.741 bits per heavy atom. The second-order valence-electron chi connectivity index (χ2n) is 20.6. The molecule has 440 valence electrons. The third-order valence-corrected chi connectivity index (χ3v) is 15.9. The first-order valence-electron chi connectivity index (χ1n) is 27.1. The van der Waals surface area contributed by atoms with Gasteiger partial charge in [-0.3, -0.25) is 18.7 Å². The van der Waals surface area contributed by atoms with E-state index < -0.39 is 55.3 Å². The second kappa shape index (κ2) is 28.8. The summed E-state index contributed by atoms with van der Waals surface area (Å²) in [5.74, 6) is -1.88. The minimum absolute atomic E-state index is 0.00215. The quantitative estimate of drug-likeness (QED) is 0.0260. The van der Waals surface area contributed by atoms with Crippen LogP contribution < -0.4 is 14.5 Å². The maximum absolute atomic E-state index is 13.0. The fourth-order valence-electron chi connectivity index (χ4n) is 10.4. The Hall–Kier alpha value is -6.05. The molecule has 2 unspecified atom stereocenters. The average molecular weight is 1160 g/mol. The van der Waals surface area contributed by atoms with Crippen LogP contribution in [0.4, 0.5) is 11.4 Å². The summed E-state index contributed by atoms with van der Waals surface area (Å²) in [4.78, 5) is 46.2. The van der Waals surface area contributed by atoms with Gasteiger partial charge in [-0.15, -0.1) is 5.06 Å². The van der Waals surface area contributed by atoms with Crippen LogP contribution in [0.3, 0.4) is 0 Å². The number of hydroxylamine groups is 2. The van der Waals surface area contributed by atoms with Gasteiger partial charge in [0.15, 0.2) is 0 Å². The SMILES string of the molecule is COCCOCCOCCOCCOCCOCCN1c2cc3c(cc2C(C)=CC1(C)C)C(/C=C/C=C/C=C1/N(CCCS(=O)(=O)O)c2ccc(S(=O)(=O)O)cc2C1(C)CCCC(=O)ON1C(=O)CCC1=O)=CC(c1ccccc1)O3. The zero-order valence-corrected chi connectivity index (χ0v) is 48.3. The molecule has 2 N–H and O–H groups in total. The molecule has 0 spiro atoms. The Morgan fingerprint density at radius 3 is 1.99 bits per heavy atom. The predicted molar refractivity (Wildman–Crippen MR) is 305 cm³/mol. The minimum atomic E-state index is -4.67. The van der Waals surface area contributed by atoms with Crippen molar-refractivity contribution < 1.29 is 78.3 Å².